The molecule has 1 rings (SSSR count). The molecule has 0 heteroatoms. The maximum atomic E-state index is 2.37. The van der Waals surface area contributed by atoms with Crippen LogP contribution in [0.1, 0.15) is 71.1 Å². The van der Waals surface area contributed by atoms with E-state index in [9.17, 15) is 0 Å². The van der Waals surface area contributed by atoms with Gasteiger partial charge >= 0.3 is 0 Å². The highest BCUT2D eigenvalue weighted by Crippen LogP contribution is 2.24. The highest BCUT2D eigenvalue weighted by molar-refractivity contribution is 5.12. The molecular weight excluding hydrogens is 168 g/mol. The highest BCUT2D eigenvalue weighted by Gasteiger charge is 2.07. The van der Waals surface area contributed by atoms with E-state index >= 15 is 0 Å². The Morgan fingerprint density at radius 3 is 2.57 bits per heavy atom. The van der Waals surface area contributed by atoms with E-state index in [1.54, 1.807) is 5.92 Å². The summed E-state index contributed by atoms with van der Waals surface area (Å²) in [7, 11) is 0. The zero-order chi connectivity index (χ0) is 10.1. The molecule has 0 nitrogen and oxygen atoms in total. The van der Waals surface area contributed by atoms with Crippen LogP contribution in [0.15, 0.2) is 12.2 Å². The van der Waals surface area contributed by atoms with Crippen LogP contribution in [0.4, 0.5) is 0 Å². The van der Waals surface area contributed by atoms with Gasteiger partial charge in [0, 0.05) is 0 Å². The minimum absolute atomic E-state index is 1.31. The van der Waals surface area contributed by atoms with Crippen LogP contribution in [0.5, 0.6) is 0 Å². The molecule has 0 fully saturated rings. The average molecular weight is 193 g/mol. The molecule has 0 saturated heterocycles. The van der Waals surface area contributed by atoms with Gasteiger partial charge < -0.3 is 0 Å². The highest BCUT2D eigenvalue weighted by atomic mass is 14.1. The standard InChI is InChI=1S/C14H25/c1-2-3-4-5-6-8-11-14-12-9-7-10-13-14/h9,12H,2-8,10-11,13H2,1H3. The zero-order valence-electron chi connectivity index (χ0n) is 9.73. The van der Waals surface area contributed by atoms with E-state index in [1.165, 1.54) is 64.2 Å². The molecular formula is C14H25. The summed E-state index contributed by atoms with van der Waals surface area (Å²) in [6.45, 7) is 2.28. The molecule has 0 heterocycles. The van der Waals surface area contributed by atoms with Gasteiger partial charge in [-0.2, -0.15) is 0 Å². The first kappa shape index (κ1) is 11.8. The lowest BCUT2D eigenvalue weighted by atomic mass is 9.91. The molecule has 0 aromatic rings. The van der Waals surface area contributed by atoms with Crippen molar-refractivity contribution in [3.63, 3.8) is 0 Å². The van der Waals surface area contributed by atoms with E-state index in [0.29, 0.717) is 0 Å². The Hall–Kier alpha value is -0.260. The minimum atomic E-state index is 1.31. The van der Waals surface area contributed by atoms with Gasteiger partial charge in [0.25, 0.3) is 0 Å². The summed E-state index contributed by atoms with van der Waals surface area (Å²) in [5.41, 5.74) is 0. The van der Waals surface area contributed by atoms with Gasteiger partial charge in [-0.15, -0.1) is 0 Å². The monoisotopic (exact) mass is 193 g/mol. The third kappa shape index (κ3) is 5.47. The second-order valence-corrected chi connectivity index (χ2v) is 4.47. The third-order valence-corrected chi connectivity index (χ3v) is 3.07. The minimum Gasteiger partial charge on any atom is -0.0879 e. The maximum Gasteiger partial charge on any atom is -0.00272 e. The summed E-state index contributed by atoms with van der Waals surface area (Å²) in [5.74, 6) is 1.70. The van der Waals surface area contributed by atoms with E-state index < -0.39 is 0 Å². The first-order valence-corrected chi connectivity index (χ1v) is 6.44. The molecule has 1 aliphatic carbocycles. The normalized spacial score (nSPS) is 17.5. The Balaban J connectivity index is 1.88. The van der Waals surface area contributed by atoms with Crippen LogP contribution in [0.25, 0.3) is 0 Å². The van der Waals surface area contributed by atoms with Crippen molar-refractivity contribution in [1.82, 2.24) is 0 Å². The molecule has 0 unspecified atom stereocenters. The quantitative estimate of drug-likeness (QED) is 0.496. The van der Waals surface area contributed by atoms with Gasteiger partial charge in [0.15, 0.2) is 0 Å². The van der Waals surface area contributed by atoms with Crippen molar-refractivity contribution < 1.29 is 0 Å². The molecule has 0 aromatic heterocycles. The van der Waals surface area contributed by atoms with Crippen LogP contribution in [-0.4, -0.2) is 0 Å². The molecule has 1 radical (unpaired) electrons. The molecule has 0 atom stereocenters. The second kappa shape index (κ2) is 8.08. The van der Waals surface area contributed by atoms with E-state index in [4.69, 9.17) is 0 Å². The van der Waals surface area contributed by atoms with Crippen molar-refractivity contribution in [3.8, 4) is 0 Å². The summed E-state index contributed by atoms with van der Waals surface area (Å²) in [5, 5.41) is 0. The van der Waals surface area contributed by atoms with Gasteiger partial charge in [-0.05, 0) is 31.6 Å². The predicted molar refractivity (Wildman–Crippen MR) is 64.2 cm³/mol. The Labute approximate surface area is 89.8 Å². The number of hydrogen-bond donors (Lipinski definition) is 0. The molecule has 0 spiro atoms. The molecule has 1 aliphatic rings. The van der Waals surface area contributed by atoms with Crippen molar-refractivity contribution in [2.45, 2.75) is 71.1 Å². The number of unbranched alkanes of at least 4 members (excludes halogenated alkanes) is 5. The van der Waals surface area contributed by atoms with Crippen LogP contribution >= 0.6 is 0 Å². The fourth-order valence-corrected chi connectivity index (χ4v) is 2.12. The molecule has 0 amide bonds. The first-order chi connectivity index (χ1) is 6.93. The van der Waals surface area contributed by atoms with Gasteiger partial charge in [-0.1, -0.05) is 57.6 Å². The zero-order valence-corrected chi connectivity index (χ0v) is 9.73. The SMILES string of the molecule is CCCCCCCC[C]1C=CCCC1. The van der Waals surface area contributed by atoms with Gasteiger partial charge in [0.1, 0.15) is 0 Å². The Morgan fingerprint density at radius 2 is 1.86 bits per heavy atom. The van der Waals surface area contributed by atoms with E-state index in [-0.39, 0.29) is 0 Å². The van der Waals surface area contributed by atoms with Crippen LogP contribution in [-0.2, 0) is 0 Å². The fourth-order valence-electron chi connectivity index (χ4n) is 2.12. The molecule has 0 bridgehead atoms. The summed E-state index contributed by atoms with van der Waals surface area (Å²) in [6.07, 6.45) is 18.7. The Morgan fingerprint density at radius 1 is 1.07 bits per heavy atom. The predicted octanol–water partition coefficient (Wildman–Crippen LogP) is 5.05. The number of allylic oxidation sites excluding steroid dienone is 2. The molecule has 0 saturated carbocycles. The van der Waals surface area contributed by atoms with Gasteiger partial charge in [0.05, 0.1) is 0 Å². The summed E-state index contributed by atoms with van der Waals surface area (Å²) >= 11 is 0. The maximum absolute atomic E-state index is 2.37. The van der Waals surface area contributed by atoms with Crippen LogP contribution < -0.4 is 0 Å². The molecule has 0 aromatic carbocycles. The van der Waals surface area contributed by atoms with Crippen molar-refractivity contribution in [2.24, 2.45) is 0 Å². The Kier molecular flexibility index (Phi) is 6.82. The van der Waals surface area contributed by atoms with E-state index in [0.717, 1.165) is 0 Å². The van der Waals surface area contributed by atoms with Crippen LogP contribution in [0, 0.1) is 5.92 Å². The first-order valence-electron chi connectivity index (χ1n) is 6.44. The van der Waals surface area contributed by atoms with E-state index in [1.807, 2.05) is 0 Å². The average Bonchev–Trinajstić information content (AvgIpc) is 2.25. The number of rotatable bonds is 7. The fraction of sp³-hybridized carbons (Fsp3) is 0.786. The molecule has 0 aliphatic heterocycles. The molecule has 81 valence electrons. The summed E-state index contributed by atoms with van der Waals surface area (Å²) < 4.78 is 0. The molecule has 0 N–H and O–H groups in total. The topological polar surface area (TPSA) is 0 Å². The second-order valence-electron chi connectivity index (χ2n) is 4.47. The third-order valence-electron chi connectivity index (χ3n) is 3.07. The van der Waals surface area contributed by atoms with Crippen molar-refractivity contribution in [1.29, 1.82) is 0 Å². The summed E-state index contributed by atoms with van der Waals surface area (Å²) in [6, 6.07) is 0. The van der Waals surface area contributed by atoms with E-state index in [2.05, 4.69) is 19.1 Å². The number of hydrogen-bond acceptors (Lipinski definition) is 0. The van der Waals surface area contributed by atoms with Crippen LogP contribution in [0.3, 0.4) is 0 Å². The van der Waals surface area contributed by atoms with Crippen molar-refractivity contribution >= 4 is 0 Å². The van der Waals surface area contributed by atoms with Gasteiger partial charge in [-0.3, -0.25) is 0 Å². The lowest BCUT2D eigenvalue weighted by molar-refractivity contribution is 0.581. The lowest BCUT2D eigenvalue weighted by Crippen LogP contribution is -1.97. The Bertz CT molecular complexity index is 146. The lowest BCUT2D eigenvalue weighted by Gasteiger charge is -2.14. The largest absolute Gasteiger partial charge is 0.0879 e. The summed E-state index contributed by atoms with van der Waals surface area (Å²) in [4.78, 5) is 0. The van der Waals surface area contributed by atoms with Crippen LogP contribution in [0.2, 0.25) is 0 Å². The van der Waals surface area contributed by atoms with Crippen molar-refractivity contribution in [2.75, 3.05) is 0 Å². The van der Waals surface area contributed by atoms with Gasteiger partial charge in [-0.25, -0.2) is 0 Å². The van der Waals surface area contributed by atoms with Crippen molar-refractivity contribution in [3.05, 3.63) is 18.1 Å². The van der Waals surface area contributed by atoms with Gasteiger partial charge in [0.2, 0.25) is 0 Å². The molecule has 14 heavy (non-hydrogen) atoms. The smallest absolute Gasteiger partial charge is 0.00272 e.